The Kier molecular flexibility index (Phi) is 3.99. The molecule has 2 aromatic rings. The van der Waals surface area contributed by atoms with Crippen LogP contribution in [0.1, 0.15) is 36.0 Å². The van der Waals surface area contributed by atoms with Gasteiger partial charge in [-0.3, -0.25) is 4.90 Å². The summed E-state index contributed by atoms with van der Waals surface area (Å²) in [5, 5.41) is 4.89. The van der Waals surface area contributed by atoms with Gasteiger partial charge in [-0.15, -0.1) is 0 Å². The fraction of sp³-hybridized carbons (Fsp3) is 0.529. The third kappa shape index (κ3) is 3.35. The third-order valence-electron chi connectivity index (χ3n) is 4.67. The molecule has 5 nitrogen and oxygen atoms in total. The summed E-state index contributed by atoms with van der Waals surface area (Å²) in [6, 6.07) is 6.10. The summed E-state index contributed by atoms with van der Waals surface area (Å²) in [5.41, 5.74) is 2.51. The van der Waals surface area contributed by atoms with E-state index in [1.54, 1.807) is 0 Å². The van der Waals surface area contributed by atoms with E-state index in [2.05, 4.69) is 39.0 Å². The number of benzene rings is 1. The summed E-state index contributed by atoms with van der Waals surface area (Å²) in [6.45, 7) is 6.85. The van der Waals surface area contributed by atoms with Crippen molar-refractivity contribution in [2.24, 2.45) is 0 Å². The highest BCUT2D eigenvalue weighted by atomic mass is 35.5. The fourth-order valence-corrected chi connectivity index (χ4v) is 3.27. The quantitative estimate of drug-likeness (QED) is 0.860. The number of anilines is 1. The van der Waals surface area contributed by atoms with Crippen LogP contribution >= 0.6 is 11.6 Å². The van der Waals surface area contributed by atoms with Gasteiger partial charge in [-0.25, -0.2) is 0 Å². The van der Waals surface area contributed by atoms with Crippen LogP contribution in [-0.2, 0) is 6.54 Å². The smallest absolute Gasteiger partial charge is 0.240 e. The molecule has 1 aliphatic heterocycles. The second-order valence-corrected chi connectivity index (χ2v) is 6.95. The highest BCUT2D eigenvalue weighted by Crippen LogP contribution is 2.38. The fourth-order valence-electron chi connectivity index (χ4n) is 3.10. The van der Waals surface area contributed by atoms with Gasteiger partial charge in [-0.05, 0) is 37.5 Å². The number of hydrogen-bond acceptors (Lipinski definition) is 5. The predicted molar refractivity (Wildman–Crippen MR) is 90.0 cm³/mol. The minimum atomic E-state index is 0.551. The third-order valence-corrected chi connectivity index (χ3v) is 4.90. The molecule has 1 aromatic heterocycles. The lowest BCUT2D eigenvalue weighted by atomic mass is 10.1. The average Bonchev–Trinajstić information content (AvgIpc) is 3.31. The van der Waals surface area contributed by atoms with E-state index in [0.717, 1.165) is 49.5 Å². The van der Waals surface area contributed by atoms with Crippen LogP contribution < -0.4 is 4.90 Å². The molecule has 1 aromatic carbocycles. The molecule has 0 unspecified atom stereocenters. The lowest BCUT2D eigenvalue weighted by Gasteiger charge is -2.36. The van der Waals surface area contributed by atoms with Gasteiger partial charge in [0.05, 0.1) is 6.54 Å². The Morgan fingerprint density at radius 3 is 2.74 bits per heavy atom. The maximum atomic E-state index is 6.14. The largest absolute Gasteiger partial charge is 0.369 e. The van der Waals surface area contributed by atoms with Gasteiger partial charge < -0.3 is 9.42 Å². The van der Waals surface area contributed by atoms with Gasteiger partial charge in [0.1, 0.15) is 0 Å². The lowest BCUT2D eigenvalue weighted by molar-refractivity contribution is 0.215. The van der Waals surface area contributed by atoms with E-state index in [1.807, 2.05) is 6.07 Å². The van der Waals surface area contributed by atoms with Crippen LogP contribution in [0.5, 0.6) is 0 Å². The SMILES string of the molecule is Cc1ccc(Cl)cc1N1CCN(Cc2nc(C3CC3)no2)CC1. The van der Waals surface area contributed by atoms with E-state index in [1.165, 1.54) is 24.1 Å². The van der Waals surface area contributed by atoms with Crippen LogP contribution in [0, 0.1) is 6.92 Å². The van der Waals surface area contributed by atoms with Crippen molar-refractivity contribution in [3.05, 3.63) is 40.5 Å². The zero-order valence-electron chi connectivity index (χ0n) is 13.3. The van der Waals surface area contributed by atoms with Gasteiger partial charge >= 0.3 is 0 Å². The first-order valence-corrected chi connectivity index (χ1v) is 8.63. The molecular formula is C17H21ClN4O. The number of rotatable bonds is 4. The lowest BCUT2D eigenvalue weighted by Crippen LogP contribution is -2.46. The molecule has 0 radical (unpaired) electrons. The zero-order chi connectivity index (χ0) is 15.8. The Morgan fingerprint density at radius 1 is 1.22 bits per heavy atom. The van der Waals surface area contributed by atoms with E-state index >= 15 is 0 Å². The molecule has 4 rings (SSSR count). The first kappa shape index (κ1) is 15.0. The Hall–Kier alpha value is -1.59. The molecule has 1 saturated heterocycles. The van der Waals surface area contributed by atoms with Crippen molar-refractivity contribution in [2.75, 3.05) is 31.1 Å². The van der Waals surface area contributed by atoms with E-state index in [4.69, 9.17) is 16.1 Å². The molecule has 1 saturated carbocycles. The van der Waals surface area contributed by atoms with Crippen molar-refractivity contribution < 1.29 is 4.52 Å². The molecule has 0 N–H and O–H groups in total. The normalized spacial score (nSPS) is 19.3. The Balaban J connectivity index is 1.35. The summed E-state index contributed by atoms with van der Waals surface area (Å²) < 4.78 is 5.38. The average molecular weight is 333 g/mol. The highest BCUT2D eigenvalue weighted by molar-refractivity contribution is 6.30. The van der Waals surface area contributed by atoms with Gasteiger partial charge in [-0.1, -0.05) is 22.8 Å². The summed E-state index contributed by atoms with van der Waals surface area (Å²) in [7, 11) is 0. The van der Waals surface area contributed by atoms with Crippen molar-refractivity contribution in [1.82, 2.24) is 15.0 Å². The first-order chi connectivity index (χ1) is 11.2. The van der Waals surface area contributed by atoms with Crippen molar-refractivity contribution in [3.8, 4) is 0 Å². The number of piperazine rings is 1. The molecule has 0 atom stereocenters. The van der Waals surface area contributed by atoms with Crippen LogP contribution in [-0.4, -0.2) is 41.2 Å². The van der Waals surface area contributed by atoms with Gasteiger partial charge in [0, 0.05) is 42.8 Å². The van der Waals surface area contributed by atoms with Crippen LogP contribution in [0.3, 0.4) is 0 Å². The number of nitrogens with zero attached hydrogens (tertiary/aromatic N) is 4. The number of halogens is 1. The molecular weight excluding hydrogens is 312 g/mol. The molecule has 2 heterocycles. The maximum Gasteiger partial charge on any atom is 0.240 e. The molecule has 2 aliphatic rings. The summed E-state index contributed by atoms with van der Waals surface area (Å²) in [6.07, 6.45) is 2.41. The Morgan fingerprint density at radius 2 is 2.00 bits per heavy atom. The topological polar surface area (TPSA) is 45.4 Å². The Bertz CT molecular complexity index is 690. The van der Waals surface area contributed by atoms with Gasteiger partial charge in [-0.2, -0.15) is 4.98 Å². The summed E-state index contributed by atoms with van der Waals surface area (Å²) >= 11 is 6.14. The molecule has 0 bridgehead atoms. The van der Waals surface area contributed by atoms with Gasteiger partial charge in [0.2, 0.25) is 5.89 Å². The van der Waals surface area contributed by atoms with Crippen molar-refractivity contribution in [3.63, 3.8) is 0 Å². The second-order valence-electron chi connectivity index (χ2n) is 6.51. The van der Waals surface area contributed by atoms with Crippen LogP contribution in [0.2, 0.25) is 5.02 Å². The minimum absolute atomic E-state index is 0.551. The maximum absolute atomic E-state index is 6.14. The van der Waals surface area contributed by atoms with E-state index < -0.39 is 0 Å². The van der Waals surface area contributed by atoms with Crippen LogP contribution in [0.15, 0.2) is 22.7 Å². The zero-order valence-corrected chi connectivity index (χ0v) is 14.1. The van der Waals surface area contributed by atoms with Crippen LogP contribution in [0.25, 0.3) is 0 Å². The predicted octanol–water partition coefficient (Wildman–Crippen LogP) is 3.23. The van der Waals surface area contributed by atoms with Crippen LogP contribution in [0.4, 0.5) is 5.69 Å². The van der Waals surface area contributed by atoms with Crippen molar-refractivity contribution in [2.45, 2.75) is 32.2 Å². The second kappa shape index (κ2) is 6.13. The standard InChI is InChI=1S/C17H21ClN4O/c1-12-2-5-14(18)10-15(12)22-8-6-21(7-9-22)11-16-19-17(20-23-16)13-3-4-13/h2,5,10,13H,3-4,6-9,11H2,1H3. The number of aromatic nitrogens is 2. The van der Waals surface area contributed by atoms with E-state index in [-0.39, 0.29) is 0 Å². The number of aryl methyl sites for hydroxylation is 1. The highest BCUT2D eigenvalue weighted by Gasteiger charge is 2.29. The van der Waals surface area contributed by atoms with Gasteiger partial charge in [0.25, 0.3) is 0 Å². The monoisotopic (exact) mass is 332 g/mol. The molecule has 122 valence electrons. The van der Waals surface area contributed by atoms with E-state index in [0.29, 0.717) is 5.92 Å². The number of hydrogen-bond donors (Lipinski definition) is 0. The summed E-state index contributed by atoms with van der Waals surface area (Å²) in [4.78, 5) is 9.30. The Labute approximate surface area is 141 Å². The van der Waals surface area contributed by atoms with E-state index in [9.17, 15) is 0 Å². The summed E-state index contributed by atoms with van der Waals surface area (Å²) in [5.74, 6) is 2.20. The molecule has 1 aliphatic carbocycles. The minimum Gasteiger partial charge on any atom is -0.369 e. The molecule has 23 heavy (non-hydrogen) atoms. The molecule has 2 fully saturated rings. The van der Waals surface area contributed by atoms with Crippen molar-refractivity contribution >= 4 is 17.3 Å². The molecule has 6 heteroatoms. The van der Waals surface area contributed by atoms with Crippen molar-refractivity contribution in [1.29, 1.82) is 0 Å². The molecule has 0 amide bonds. The first-order valence-electron chi connectivity index (χ1n) is 8.25. The van der Waals surface area contributed by atoms with Gasteiger partial charge in [0.15, 0.2) is 5.82 Å². The molecule has 0 spiro atoms.